The molecule has 0 amide bonds. The van der Waals surface area contributed by atoms with Crippen LogP contribution in [0.4, 0.5) is 0 Å². The standard InChI is InChI=1S/C26H26N2O5/c1-15(27)13-17-3-5-19(29-17)21-7-9-23(31-21)25-11-12-26(33-25)24-10-8-22(32-24)20-6-4-18(30-20)14-16(2)28/h3-12,15-16H,13-14,27-28H2,1-2H3. The lowest BCUT2D eigenvalue weighted by Gasteiger charge is -2.00. The molecule has 0 aliphatic heterocycles. The minimum absolute atomic E-state index is 0.0318. The number of nitrogens with two attached hydrogens (primary N) is 2. The minimum atomic E-state index is 0.0318. The SMILES string of the molecule is CC(N)Cc1ccc(-c2ccc(-c3ccc(-c4ccc(-c5ccc(CC(C)N)o5)o4)o3)o2)o1. The molecular weight excluding hydrogens is 420 g/mol. The van der Waals surface area contributed by atoms with Crippen LogP contribution in [0.15, 0.2) is 82.7 Å². The first-order chi connectivity index (χ1) is 15.9. The van der Waals surface area contributed by atoms with E-state index in [2.05, 4.69) is 0 Å². The third-order valence-electron chi connectivity index (χ3n) is 5.16. The molecular formula is C26H26N2O5. The molecule has 0 bridgehead atoms. The van der Waals surface area contributed by atoms with Gasteiger partial charge in [0.2, 0.25) is 0 Å². The van der Waals surface area contributed by atoms with Gasteiger partial charge in [-0.1, -0.05) is 0 Å². The highest BCUT2D eigenvalue weighted by atomic mass is 16.4. The van der Waals surface area contributed by atoms with Gasteiger partial charge in [-0.3, -0.25) is 0 Å². The van der Waals surface area contributed by atoms with Crippen molar-refractivity contribution in [2.24, 2.45) is 11.5 Å². The Balaban J connectivity index is 1.32. The molecule has 0 radical (unpaired) electrons. The minimum Gasteiger partial charge on any atom is -0.458 e. The largest absolute Gasteiger partial charge is 0.458 e. The molecule has 0 fully saturated rings. The van der Waals surface area contributed by atoms with E-state index in [1.165, 1.54) is 0 Å². The van der Waals surface area contributed by atoms with Crippen molar-refractivity contribution in [3.05, 3.63) is 72.2 Å². The molecule has 5 aromatic heterocycles. The summed E-state index contributed by atoms with van der Waals surface area (Å²) in [6.07, 6.45) is 1.34. The van der Waals surface area contributed by atoms with Gasteiger partial charge in [-0.2, -0.15) is 0 Å². The van der Waals surface area contributed by atoms with E-state index >= 15 is 0 Å². The lowest BCUT2D eigenvalue weighted by molar-refractivity contribution is 0.472. The van der Waals surface area contributed by atoms with Gasteiger partial charge >= 0.3 is 0 Å². The Kier molecular flexibility index (Phi) is 5.58. The maximum absolute atomic E-state index is 5.99. The van der Waals surface area contributed by atoms with Crippen LogP contribution < -0.4 is 11.5 Å². The molecule has 33 heavy (non-hydrogen) atoms. The van der Waals surface area contributed by atoms with Gasteiger partial charge in [0.25, 0.3) is 0 Å². The zero-order valence-electron chi connectivity index (χ0n) is 18.5. The van der Waals surface area contributed by atoms with Crippen molar-refractivity contribution in [2.75, 3.05) is 0 Å². The highest BCUT2D eigenvalue weighted by Gasteiger charge is 2.17. The zero-order valence-corrected chi connectivity index (χ0v) is 18.5. The van der Waals surface area contributed by atoms with Crippen LogP contribution >= 0.6 is 0 Å². The highest BCUT2D eigenvalue weighted by molar-refractivity contribution is 5.63. The van der Waals surface area contributed by atoms with E-state index in [9.17, 15) is 0 Å². The molecule has 2 unspecified atom stereocenters. The zero-order chi connectivity index (χ0) is 22.9. The number of hydrogen-bond acceptors (Lipinski definition) is 7. The van der Waals surface area contributed by atoms with Crippen LogP contribution in [0.5, 0.6) is 0 Å². The van der Waals surface area contributed by atoms with E-state index in [1.54, 1.807) is 0 Å². The van der Waals surface area contributed by atoms with Gasteiger partial charge in [-0.15, -0.1) is 0 Å². The lowest BCUT2D eigenvalue weighted by atomic mass is 10.2. The summed E-state index contributed by atoms with van der Waals surface area (Å²) in [6.45, 7) is 3.88. The molecule has 5 heterocycles. The van der Waals surface area contributed by atoms with E-state index in [-0.39, 0.29) is 12.1 Å². The normalized spacial score (nSPS) is 13.5. The Morgan fingerprint density at radius 2 is 0.697 bits per heavy atom. The summed E-state index contributed by atoms with van der Waals surface area (Å²) >= 11 is 0. The van der Waals surface area contributed by atoms with Crippen LogP contribution in [-0.2, 0) is 12.8 Å². The van der Waals surface area contributed by atoms with Gasteiger partial charge in [0.05, 0.1) is 0 Å². The predicted molar refractivity (Wildman–Crippen MR) is 124 cm³/mol. The predicted octanol–water partition coefficient (Wildman–Crippen LogP) is 6.10. The maximum Gasteiger partial charge on any atom is 0.170 e. The lowest BCUT2D eigenvalue weighted by Crippen LogP contribution is -2.17. The summed E-state index contributed by atoms with van der Waals surface area (Å²) < 4.78 is 29.6. The second-order valence-corrected chi connectivity index (χ2v) is 8.39. The number of rotatable bonds is 8. The smallest absolute Gasteiger partial charge is 0.170 e. The fraction of sp³-hybridized carbons (Fsp3) is 0.231. The van der Waals surface area contributed by atoms with Crippen LogP contribution in [0, 0.1) is 0 Å². The van der Waals surface area contributed by atoms with Crippen molar-refractivity contribution in [2.45, 2.75) is 38.8 Å². The molecule has 0 saturated carbocycles. The summed E-state index contributed by atoms with van der Waals surface area (Å²) in [5.41, 5.74) is 11.7. The average molecular weight is 447 g/mol. The third kappa shape index (κ3) is 4.60. The van der Waals surface area contributed by atoms with E-state index < -0.39 is 0 Å². The molecule has 5 rings (SSSR count). The van der Waals surface area contributed by atoms with E-state index in [1.807, 2.05) is 74.5 Å². The molecule has 0 spiro atoms. The summed E-state index contributed by atoms with van der Waals surface area (Å²) in [7, 11) is 0. The topological polar surface area (TPSA) is 118 Å². The summed E-state index contributed by atoms with van der Waals surface area (Å²) in [6, 6.07) is 18.8. The second kappa shape index (κ2) is 8.69. The molecule has 170 valence electrons. The Morgan fingerprint density at radius 3 is 0.970 bits per heavy atom. The second-order valence-electron chi connectivity index (χ2n) is 8.39. The van der Waals surface area contributed by atoms with Crippen molar-refractivity contribution >= 4 is 0 Å². The van der Waals surface area contributed by atoms with Gasteiger partial charge in [0.15, 0.2) is 46.1 Å². The van der Waals surface area contributed by atoms with Crippen molar-refractivity contribution < 1.29 is 22.1 Å². The average Bonchev–Trinajstić information content (AvgIpc) is 3.56. The molecule has 7 heteroatoms. The molecule has 0 saturated heterocycles. The Hall–Kier alpha value is -3.68. The fourth-order valence-electron chi connectivity index (χ4n) is 3.68. The maximum atomic E-state index is 5.99. The highest BCUT2D eigenvalue weighted by Crippen LogP contribution is 2.35. The van der Waals surface area contributed by atoms with Gasteiger partial charge in [-0.05, 0) is 74.5 Å². The van der Waals surface area contributed by atoms with Gasteiger partial charge in [0.1, 0.15) is 11.5 Å². The molecule has 0 aliphatic carbocycles. The monoisotopic (exact) mass is 446 g/mol. The molecule has 7 nitrogen and oxygen atoms in total. The number of furan rings is 5. The van der Waals surface area contributed by atoms with E-state index in [0.29, 0.717) is 58.9 Å². The summed E-state index contributed by atoms with van der Waals surface area (Å²) in [5.74, 6) is 6.59. The first-order valence-electron chi connectivity index (χ1n) is 10.9. The van der Waals surface area contributed by atoms with Gasteiger partial charge < -0.3 is 33.6 Å². The van der Waals surface area contributed by atoms with Crippen molar-refractivity contribution in [1.82, 2.24) is 0 Å². The van der Waals surface area contributed by atoms with Crippen LogP contribution in [0.3, 0.4) is 0 Å². The molecule has 0 aliphatic rings. The Labute approximate surface area is 191 Å². The summed E-state index contributed by atoms with van der Waals surface area (Å²) in [5, 5.41) is 0. The van der Waals surface area contributed by atoms with Gasteiger partial charge in [-0.25, -0.2) is 0 Å². The third-order valence-corrected chi connectivity index (χ3v) is 5.16. The fourth-order valence-corrected chi connectivity index (χ4v) is 3.68. The van der Waals surface area contributed by atoms with E-state index in [0.717, 1.165) is 11.5 Å². The Bertz CT molecular complexity index is 1240. The van der Waals surface area contributed by atoms with Crippen LogP contribution in [0.25, 0.3) is 46.1 Å². The molecule has 5 aromatic rings. The first-order valence-corrected chi connectivity index (χ1v) is 10.9. The van der Waals surface area contributed by atoms with Crippen LogP contribution in [0.2, 0.25) is 0 Å². The van der Waals surface area contributed by atoms with Crippen molar-refractivity contribution in [3.8, 4) is 46.1 Å². The van der Waals surface area contributed by atoms with Crippen molar-refractivity contribution in [1.29, 1.82) is 0 Å². The molecule has 2 atom stereocenters. The van der Waals surface area contributed by atoms with E-state index in [4.69, 9.17) is 33.6 Å². The quantitative estimate of drug-likeness (QED) is 0.296. The molecule has 0 aromatic carbocycles. The number of hydrogen-bond donors (Lipinski definition) is 2. The Morgan fingerprint density at radius 1 is 0.455 bits per heavy atom. The molecule has 4 N–H and O–H groups in total. The van der Waals surface area contributed by atoms with Gasteiger partial charge in [0, 0.05) is 24.9 Å². The van der Waals surface area contributed by atoms with Crippen LogP contribution in [0.1, 0.15) is 25.4 Å². The summed E-state index contributed by atoms with van der Waals surface area (Å²) in [4.78, 5) is 0. The van der Waals surface area contributed by atoms with Crippen molar-refractivity contribution in [3.63, 3.8) is 0 Å². The first kappa shape index (κ1) is 21.2. The van der Waals surface area contributed by atoms with Crippen LogP contribution in [-0.4, -0.2) is 12.1 Å².